The number of allylic oxidation sites excluding steroid dienone is 7. The van der Waals surface area contributed by atoms with Crippen molar-refractivity contribution in [2.45, 2.75) is 450 Å². The fourth-order valence-electron chi connectivity index (χ4n) is 12.5. The molecule has 0 aromatic carbocycles. The molecule has 0 aromatic rings. The molecule has 2 atom stereocenters. The van der Waals surface area contributed by atoms with E-state index in [-0.39, 0.29) is 18.5 Å². The van der Waals surface area contributed by atoms with E-state index in [2.05, 4.69) is 55.6 Å². The van der Waals surface area contributed by atoms with E-state index < -0.39 is 12.1 Å². The summed E-state index contributed by atoms with van der Waals surface area (Å²) in [5, 5.41) is 23.2. The monoisotopic (exact) mass is 1230 g/mol. The van der Waals surface area contributed by atoms with Gasteiger partial charge in [-0.15, -0.1) is 0 Å². The lowest BCUT2D eigenvalue weighted by molar-refractivity contribution is -0.143. The molecule has 0 aromatic heterocycles. The number of hydrogen-bond acceptors (Lipinski definition) is 5. The van der Waals surface area contributed by atoms with Gasteiger partial charge in [0.15, 0.2) is 0 Å². The van der Waals surface area contributed by atoms with E-state index in [1.165, 1.54) is 360 Å². The number of rotatable bonds is 75. The Morgan fingerprint density at radius 2 is 0.568 bits per heavy atom. The van der Waals surface area contributed by atoms with Crippen LogP contribution in [0.4, 0.5) is 0 Å². The number of ether oxygens (including phenoxy) is 1. The standard InChI is InChI=1S/C82H155NO5/c1-3-5-7-9-11-13-15-17-19-43-48-52-56-60-64-68-72-76-82(87)88-77-73-69-65-61-57-53-49-45-42-40-38-36-34-32-30-28-26-24-22-20-21-23-25-27-29-31-33-35-37-39-41-44-47-51-55-59-63-67-71-75-81(86)83-79(78-84)80(85)74-70-66-62-58-54-50-46-18-16-14-12-10-8-6-4-2/h17,19-21,24,26,70,74,79-80,84-85H,3-16,18,22-23,25,27-69,71-73,75-78H2,1-2H3,(H,83,86)/b19-17-,21-20-,26-24-,74-70+. The highest BCUT2D eigenvalue weighted by Gasteiger charge is 2.18. The van der Waals surface area contributed by atoms with Crippen LogP contribution in [0.3, 0.4) is 0 Å². The summed E-state index contributed by atoms with van der Waals surface area (Å²) in [6, 6.07) is -0.626. The van der Waals surface area contributed by atoms with Crippen LogP contribution in [0.25, 0.3) is 0 Å². The molecule has 0 heterocycles. The van der Waals surface area contributed by atoms with Crippen molar-refractivity contribution in [3.8, 4) is 0 Å². The van der Waals surface area contributed by atoms with Crippen molar-refractivity contribution in [2.75, 3.05) is 13.2 Å². The minimum absolute atomic E-state index is 0.0173. The van der Waals surface area contributed by atoms with Crippen LogP contribution in [0.1, 0.15) is 438 Å². The first-order chi connectivity index (χ1) is 43.5. The number of carbonyl (C=O) groups is 2. The van der Waals surface area contributed by atoms with E-state index in [0.29, 0.717) is 19.4 Å². The lowest BCUT2D eigenvalue weighted by Crippen LogP contribution is -2.45. The van der Waals surface area contributed by atoms with Crippen LogP contribution in [0, 0.1) is 0 Å². The molecule has 518 valence electrons. The summed E-state index contributed by atoms with van der Waals surface area (Å²) in [4.78, 5) is 24.6. The molecule has 0 saturated carbocycles. The van der Waals surface area contributed by atoms with Crippen LogP contribution < -0.4 is 5.32 Å². The molecular weight excluding hydrogens is 1080 g/mol. The Morgan fingerprint density at radius 3 is 0.875 bits per heavy atom. The number of aliphatic hydroxyl groups is 2. The third-order valence-corrected chi connectivity index (χ3v) is 18.6. The van der Waals surface area contributed by atoms with Gasteiger partial charge in [0.25, 0.3) is 0 Å². The molecule has 1 amide bonds. The first-order valence-electron chi connectivity index (χ1n) is 39.9. The molecule has 0 radical (unpaired) electrons. The number of amides is 1. The summed E-state index contributed by atoms with van der Waals surface area (Å²) in [6.45, 7) is 4.93. The van der Waals surface area contributed by atoms with E-state index in [1.54, 1.807) is 6.08 Å². The number of carbonyl (C=O) groups excluding carboxylic acids is 2. The molecule has 6 heteroatoms. The molecule has 6 nitrogen and oxygen atoms in total. The third-order valence-electron chi connectivity index (χ3n) is 18.6. The summed E-state index contributed by atoms with van der Waals surface area (Å²) in [5.41, 5.74) is 0. The van der Waals surface area contributed by atoms with Crippen LogP contribution in [0.5, 0.6) is 0 Å². The molecule has 0 fully saturated rings. The van der Waals surface area contributed by atoms with Gasteiger partial charge in [-0.1, -0.05) is 383 Å². The zero-order chi connectivity index (χ0) is 63.5. The summed E-state index contributed by atoms with van der Waals surface area (Å²) < 4.78 is 5.51. The van der Waals surface area contributed by atoms with E-state index >= 15 is 0 Å². The van der Waals surface area contributed by atoms with Gasteiger partial charge >= 0.3 is 5.97 Å². The number of aliphatic hydroxyl groups excluding tert-OH is 2. The molecule has 2 unspecified atom stereocenters. The zero-order valence-corrected chi connectivity index (χ0v) is 59.5. The predicted octanol–water partition coefficient (Wildman–Crippen LogP) is 26.4. The van der Waals surface area contributed by atoms with Crippen LogP contribution >= 0.6 is 0 Å². The molecule has 3 N–H and O–H groups in total. The number of hydrogen-bond donors (Lipinski definition) is 3. The predicted molar refractivity (Wildman–Crippen MR) is 389 cm³/mol. The van der Waals surface area contributed by atoms with Gasteiger partial charge in [-0.2, -0.15) is 0 Å². The van der Waals surface area contributed by atoms with Crippen molar-refractivity contribution in [2.24, 2.45) is 0 Å². The Bertz CT molecular complexity index is 1470. The first kappa shape index (κ1) is 85.8. The van der Waals surface area contributed by atoms with Gasteiger partial charge in [-0.25, -0.2) is 0 Å². The normalized spacial score (nSPS) is 12.7. The lowest BCUT2D eigenvalue weighted by Gasteiger charge is -2.20. The largest absolute Gasteiger partial charge is 0.466 e. The van der Waals surface area contributed by atoms with Crippen molar-refractivity contribution in [1.29, 1.82) is 0 Å². The molecule has 0 aliphatic rings. The van der Waals surface area contributed by atoms with Gasteiger partial charge in [0.1, 0.15) is 0 Å². The second-order valence-corrected chi connectivity index (χ2v) is 27.4. The highest BCUT2D eigenvalue weighted by atomic mass is 16.5. The molecule has 88 heavy (non-hydrogen) atoms. The van der Waals surface area contributed by atoms with E-state index in [1.807, 2.05) is 6.08 Å². The Labute approximate surface area is 550 Å². The number of nitrogens with one attached hydrogen (secondary N) is 1. The highest BCUT2D eigenvalue weighted by Crippen LogP contribution is 2.19. The Morgan fingerprint density at radius 1 is 0.318 bits per heavy atom. The van der Waals surface area contributed by atoms with Crippen molar-refractivity contribution >= 4 is 11.9 Å². The quantitative estimate of drug-likeness (QED) is 0.0320. The van der Waals surface area contributed by atoms with Gasteiger partial charge < -0.3 is 20.3 Å². The molecule has 0 saturated heterocycles. The van der Waals surface area contributed by atoms with Crippen LogP contribution in [-0.2, 0) is 14.3 Å². The average Bonchev–Trinajstić information content (AvgIpc) is 3.59. The van der Waals surface area contributed by atoms with Gasteiger partial charge in [0.05, 0.1) is 25.4 Å². The maximum absolute atomic E-state index is 12.5. The summed E-state index contributed by atoms with van der Waals surface area (Å²) >= 11 is 0. The molecule has 0 spiro atoms. The minimum atomic E-state index is -0.842. The fourth-order valence-corrected chi connectivity index (χ4v) is 12.5. The maximum atomic E-state index is 12.5. The second-order valence-electron chi connectivity index (χ2n) is 27.4. The molecule has 0 rings (SSSR count). The Kier molecular flexibility index (Phi) is 75.4. The van der Waals surface area contributed by atoms with E-state index in [0.717, 1.165) is 51.4 Å². The third kappa shape index (κ3) is 72.9. The van der Waals surface area contributed by atoms with Crippen molar-refractivity contribution in [3.63, 3.8) is 0 Å². The molecule has 0 aliphatic carbocycles. The van der Waals surface area contributed by atoms with Crippen molar-refractivity contribution in [1.82, 2.24) is 5.32 Å². The zero-order valence-electron chi connectivity index (χ0n) is 59.5. The summed E-state index contributed by atoms with van der Waals surface area (Å²) in [6.07, 6.45) is 102. The summed E-state index contributed by atoms with van der Waals surface area (Å²) in [7, 11) is 0. The lowest BCUT2D eigenvalue weighted by atomic mass is 10.0. The molecule has 0 bridgehead atoms. The topological polar surface area (TPSA) is 95.9 Å². The second kappa shape index (κ2) is 77.3. The van der Waals surface area contributed by atoms with Crippen LogP contribution in [0.2, 0.25) is 0 Å². The van der Waals surface area contributed by atoms with Crippen molar-refractivity contribution in [3.05, 3.63) is 48.6 Å². The maximum Gasteiger partial charge on any atom is 0.305 e. The van der Waals surface area contributed by atoms with Gasteiger partial charge in [0.2, 0.25) is 5.91 Å². The first-order valence-corrected chi connectivity index (χ1v) is 39.9. The SMILES string of the molecule is CCCCCCCC/C=C\CCCCCCCCCC(=O)OCCCCCCCCCCCCCCCCC/C=C\C/C=C\CCCCCCCCCCCCCCCCCCCC(=O)NC(CO)C(O)/C=C/CCCCCCCCCCCCCCC. The average molecular weight is 1240 g/mol. The molecular formula is C82H155NO5. The summed E-state index contributed by atoms with van der Waals surface area (Å²) in [5.74, 6) is -0.0452. The van der Waals surface area contributed by atoms with Crippen molar-refractivity contribution < 1.29 is 24.5 Å². The molecule has 0 aliphatic heterocycles. The Balaban J connectivity index is 3.36. The van der Waals surface area contributed by atoms with Gasteiger partial charge in [0, 0.05) is 12.8 Å². The Hall–Kier alpha value is -2.18. The smallest absolute Gasteiger partial charge is 0.305 e. The fraction of sp³-hybridized carbons (Fsp3) is 0.878. The van der Waals surface area contributed by atoms with E-state index in [9.17, 15) is 19.8 Å². The van der Waals surface area contributed by atoms with Crippen LogP contribution in [-0.4, -0.2) is 47.4 Å². The van der Waals surface area contributed by atoms with Gasteiger partial charge in [-0.05, 0) is 89.9 Å². The van der Waals surface area contributed by atoms with Gasteiger partial charge in [-0.3, -0.25) is 9.59 Å². The number of esters is 1. The highest BCUT2D eigenvalue weighted by molar-refractivity contribution is 5.76. The number of unbranched alkanes of at least 4 members (excludes halogenated alkanes) is 58. The van der Waals surface area contributed by atoms with E-state index in [4.69, 9.17) is 4.74 Å². The minimum Gasteiger partial charge on any atom is -0.466 e. The van der Waals surface area contributed by atoms with Crippen LogP contribution in [0.15, 0.2) is 48.6 Å².